The lowest BCUT2D eigenvalue weighted by Crippen LogP contribution is -2.13. The molecule has 0 aliphatic heterocycles. The van der Waals surface area contributed by atoms with Crippen LogP contribution in [0.15, 0.2) is 12.1 Å². The predicted octanol–water partition coefficient (Wildman–Crippen LogP) is 3.10. The van der Waals surface area contributed by atoms with Crippen molar-refractivity contribution in [2.75, 3.05) is 5.32 Å². The van der Waals surface area contributed by atoms with Gasteiger partial charge in [0.25, 0.3) is 5.69 Å². The van der Waals surface area contributed by atoms with Gasteiger partial charge in [0.2, 0.25) is 0 Å². The van der Waals surface area contributed by atoms with E-state index in [0.29, 0.717) is 11.9 Å². The Bertz CT molecular complexity index is 549. The summed E-state index contributed by atoms with van der Waals surface area (Å²) >= 11 is 5.83. The van der Waals surface area contributed by atoms with Crippen molar-refractivity contribution in [2.45, 2.75) is 25.3 Å². The molecule has 6 heteroatoms. The monoisotopic (exact) mass is 279 g/mol. The standard InChI is InChI=1S/C13H14ClN3O2/c14-9-4-8(17(18)19)5-10(15-9)16-13-11-6-1-2-7(3-6)12(11)13/h4-7,11-13H,1-3H2,(H,15,16). The van der Waals surface area contributed by atoms with Crippen LogP contribution in [0.4, 0.5) is 11.5 Å². The van der Waals surface area contributed by atoms with Gasteiger partial charge in [0.05, 0.1) is 17.1 Å². The molecule has 3 saturated carbocycles. The van der Waals surface area contributed by atoms with E-state index >= 15 is 0 Å². The minimum Gasteiger partial charge on any atom is -0.366 e. The van der Waals surface area contributed by atoms with Crippen LogP contribution in [0, 0.1) is 33.8 Å². The summed E-state index contributed by atoms with van der Waals surface area (Å²) in [6, 6.07) is 3.21. The average Bonchev–Trinajstić information content (AvgIpc) is 2.77. The summed E-state index contributed by atoms with van der Waals surface area (Å²) < 4.78 is 0. The highest BCUT2D eigenvalue weighted by Crippen LogP contribution is 2.66. The molecule has 5 nitrogen and oxygen atoms in total. The van der Waals surface area contributed by atoms with Crippen molar-refractivity contribution in [3.63, 3.8) is 0 Å². The number of hydrogen-bond donors (Lipinski definition) is 1. The zero-order chi connectivity index (χ0) is 13.1. The van der Waals surface area contributed by atoms with Gasteiger partial charge < -0.3 is 5.32 Å². The van der Waals surface area contributed by atoms with Gasteiger partial charge in [-0.3, -0.25) is 10.1 Å². The molecule has 1 N–H and O–H groups in total. The van der Waals surface area contributed by atoms with Gasteiger partial charge >= 0.3 is 0 Å². The number of fused-ring (bicyclic) bond motifs is 5. The second-order valence-electron chi connectivity index (χ2n) is 5.95. The molecular formula is C13H14ClN3O2. The van der Waals surface area contributed by atoms with Gasteiger partial charge in [-0.15, -0.1) is 0 Å². The Balaban J connectivity index is 1.54. The van der Waals surface area contributed by atoms with Crippen molar-refractivity contribution < 1.29 is 4.92 Å². The summed E-state index contributed by atoms with van der Waals surface area (Å²) in [6.07, 6.45) is 4.09. The van der Waals surface area contributed by atoms with E-state index in [-0.39, 0.29) is 10.8 Å². The summed E-state index contributed by atoms with van der Waals surface area (Å²) in [7, 11) is 0. The molecule has 1 aromatic rings. The molecule has 0 spiro atoms. The van der Waals surface area contributed by atoms with Crippen molar-refractivity contribution in [1.29, 1.82) is 0 Å². The van der Waals surface area contributed by atoms with E-state index in [0.717, 1.165) is 23.7 Å². The van der Waals surface area contributed by atoms with Crippen LogP contribution in [0.25, 0.3) is 0 Å². The molecule has 4 rings (SSSR count). The maximum atomic E-state index is 10.8. The molecule has 3 fully saturated rings. The van der Waals surface area contributed by atoms with E-state index in [1.807, 2.05) is 0 Å². The van der Waals surface area contributed by atoms with Crippen molar-refractivity contribution in [3.05, 3.63) is 27.4 Å². The van der Waals surface area contributed by atoms with Crippen LogP contribution < -0.4 is 5.32 Å². The van der Waals surface area contributed by atoms with Crippen molar-refractivity contribution >= 4 is 23.1 Å². The maximum absolute atomic E-state index is 10.8. The molecule has 0 aromatic carbocycles. The Kier molecular flexibility index (Phi) is 2.31. The molecule has 0 saturated heterocycles. The molecule has 0 radical (unpaired) electrons. The summed E-state index contributed by atoms with van der Waals surface area (Å²) in [4.78, 5) is 14.5. The Labute approximate surface area is 115 Å². The number of halogens is 1. The zero-order valence-corrected chi connectivity index (χ0v) is 11.0. The second-order valence-corrected chi connectivity index (χ2v) is 6.34. The number of nitrogens with zero attached hydrogens (tertiary/aromatic N) is 2. The van der Waals surface area contributed by atoms with Crippen LogP contribution in [0.5, 0.6) is 0 Å². The SMILES string of the molecule is O=[N+]([O-])c1cc(Cl)nc(NC2C3C4CCC(C4)C23)c1. The minimum absolute atomic E-state index is 0.00344. The smallest absolute Gasteiger partial charge is 0.276 e. The van der Waals surface area contributed by atoms with Gasteiger partial charge in [0.1, 0.15) is 11.0 Å². The van der Waals surface area contributed by atoms with Gasteiger partial charge in [-0.05, 0) is 42.9 Å². The summed E-state index contributed by atoms with van der Waals surface area (Å²) in [6.45, 7) is 0. The van der Waals surface area contributed by atoms with E-state index < -0.39 is 4.92 Å². The lowest BCUT2D eigenvalue weighted by Gasteiger charge is -2.11. The third kappa shape index (κ3) is 1.71. The highest BCUT2D eigenvalue weighted by atomic mass is 35.5. The van der Waals surface area contributed by atoms with Crippen LogP contribution in [-0.2, 0) is 0 Å². The molecule has 19 heavy (non-hydrogen) atoms. The van der Waals surface area contributed by atoms with Crippen molar-refractivity contribution in [3.8, 4) is 0 Å². The Morgan fingerprint density at radius 3 is 2.63 bits per heavy atom. The third-order valence-electron chi connectivity index (χ3n) is 5.04. The topological polar surface area (TPSA) is 68.1 Å². The Morgan fingerprint density at radius 2 is 2.00 bits per heavy atom. The fourth-order valence-electron chi connectivity index (χ4n) is 4.35. The van der Waals surface area contributed by atoms with Crippen LogP contribution in [0.3, 0.4) is 0 Å². The van der Waals surface area contributed by atoms with Crippen LogP contribution in [0.1, 0.15) is 19.3 Å². The van der Waals surface area contributed by atoms with Crippen LogP contribution >= 0.6 is 11.6 Å². The van der Waals surface area contributed by atoms with Crippen LogP contribution in [0.2, 0.25) is 5.15 Å². The lowest BCUT2D eigenvalue weighted by molar-refractivity contribution is -0.384. The van der Waals surface area contributed by atoms with E-state index in [1.165, 1.54) is 31.4 Å². The van der Waals surface area contributed by atoms with Gasteiger partial charge in [-0.25, -0.2) is 4.98 Å². The first-order valence-electron chi connectivity index (χ1n) is 6.72. The summed E-state index contributed by atoms with van der Waals surface area (Å²) in [5.41, 5.74) is -0.00344. The molecule has 100 valence electrons. The number of hydrogen-bond acceptors (Lipinski definition) is 4. The summed E-state index contributed by atoms with van der Waals surface area (Å²) in [5, 5.41) is 14.3. The number of nitrogens with one attached hydrogen (secondary N) is 1. The molecule has 1 aromatic heterocycles. The predicted molar refractivity (Wildman–Crippen MR) is 71.1 cm³/mol. The van der Waals surface area contributed by atoms with Gasteiger partial charge in [-0.1, -0.05) is 11.6 Å². The van der Waals surface area contributed by atoms with E-state index in [2.05, 4.69) is 10.3 Å². The third-order valence-corrected chi connectivity index (χ3v) is 5.23. The van der Waals surface area contributed by atoms with Gasteiger partial charge in [0, 0.05) is 6.04 Å². The Morgan fingerprint density at radius 1 is 1.32 bits per heavy atom. The molecule has 4 atom stereocenters. The first kappa shape index (κ1) is 11.5. The molecule has 4 unspecified atom stereocenters. The highest BCUT2D eigenvalue weighted by molar-refractivity contribution is 6.29. The maximum Gasteiger partial charge on any atom is 0.276 e. The van der Waals surface area contributed by atoms with Gasteiger partial charge in [0.15, 0.2) is 0 Å². The molecule has 3 aliphatic rings. The first-order chi connectivity index (χ1) is 9.13. The van der Waals surface area contributed by atoms with E-state index in [9.17, 15) is 10.1 Å². The number of aromatic nitrogens is 1. The molecular weight excluding hydrogens is 266 g/mol. The lowest BCUT2D eigenvalue weighted by atomic mass is 10.0. The zero-order valence-electron chi connectivity index (χ0n) is 10.3. The molecule has 0 amide bonds. The molecule has 3 aliphatic carbocycles. The number of anilines is 1. The Hall–Kier alpha value is -1.36. The van der Waals surface area contributed by atoms with Crippen molar-refractivity contribution in [2.24, 2.45) is 23.7 Å². The van der Waals surface area contributed by atoms with E-state index in [4.69, 9.17) is 11.6 Å². The number of pyridine rings is 1. The quantitative estimate of drug-likeness (QED) is 0.524. The molecule has 2 bridgehead atoms. The minimum atomic E-state index is -0.434. The summed E-state index contributed by atoms with van der Waals surface area (Å²) in [5.74, 6) is 3.79. The normalized spacial score (nSPS) is 38.1. The number of nitro groups is 1. The fraction of sp³-hybridized carbons (Fsp3) is 0.615. The average molecular weight is 280 g/mol. The fourth-order valence-corrected chi connectivity index (χ4v) is 4.55. The van der Waals surface area contributed by atoms with Gasteiger partial charge in [-0.2, -0.15) is 0 Å². The van der Waals surface area contributed by atoms with Crippen LogP contribution in [-0.4, -0.2) is 15.9 Å². The molecule has 1 heterocycles. The first-order valence-corrected chi connectivity index (χ1v) is 7.10. The second kappa shape index (κ2) is 3.82. The number of rotatable bonds is 3. The highest BCUT2D eigenvalue weighted by Gasteiger charge is 2.65. The van der Waals surface area contributed by atoms with E-state index in [1.54, 1.807) is 0 Å². The largest absolute Gasteiger partial charge is 0.366 e. The van der Waals surface area contributed by atoms with Crippen molar-refractivity contribution in [1.82, 2.24) is 4.98 Å².